The highest BCUT2D eigenvalue weighted by atomic mass is 16.5. The van der Waals surface area contributed by atoms with Crippen LogP contribution in [0.3, 0.4) is 0 Å². The Balaban J connectivity index is 1.31. The lowest BCUT2D eigenvalue weighted by Gasteiger charge is -2.57. The highest BCUT2D eigenvalue weighted by Crippen LogP contribution is 2.55. The largest absolute Gasteiger partial charge is 0.492 e. The van der Waals surface area contributed by atoms with Gasteiger partial charge < -0.3 is 10.1 Å². The van der Waals surface area contributed by atoms with E-state index in [1.165, 1.54) is 44.1 Å². The molecule has 0 spiro atoms. The number of rotatable bonds is 2. The van der Waals surface area contributed by atoms with Gasteiger partial charge in [-0.2, -0.15) is 0 Å². The van der Waals surface area contributed by atoms with Crippen LogP contribution >= 0.6 is 0 Å². The molecule has 5 aliphatic rings. The van der Waals surface area contributed by atoms with Crippen LogP contribution in [0.25, 0.3) is 0 Å². The summed E-state index contributed by atoms with van der Waals surface area (Å²) < 4.78 is 5.82. The fourth-order valence-corrected chi connectivity index (χ4v) is 6.12. The number of hydrogen-bond acceptors (Lipinski definition) is 2. The Bertz CT molecular complexity index is 603. The van der Waals surface area contributed by atoms with Crippen molar-refractivity contribution >= 4 is 5.91 Å². The van der Waals surface area contributed by atoms with Crippen molar-refractivity contribution in [1.82, 2.24) is 5.32 Å². The van der Waals surface area contributed by atoms with E-state index in [2.05, 4.69) is 11.4 Å². The maximum atomic E-state index is 12.9. The molecule has 23 heavy (non-hydrogen) atoms. The highest BCUT2D eigenvalue weighted by Gasteiger charge is 2.51. The molecule has 4 saturated carbocycles. The van der Waals surface area contributed by atoms with Crippen LogP contribution in [0.2, 0.25) is 0 Å². The number of amides is 1. The number of fused-ring (bicyclic) bond motifs is 1. The molecular formula is C20H25NO2. The molecule has 3 nitrogen and oxygen atoms in total. The minimum Gasteiger partial charge on any atom is -0.492 e. The predicted molar refractivity (Wildman–Crippen MR) is 88.2 cm³/mol. The van der Waals surface area contributed by atoms with Gasteiger partial charge in [-0.25, -0.2) is 0 Å². The third-order valence-electron chi connectivity index (χ3n) is 6.68. The maximum absolute atomic E-state index is 12.9. The summed E-state index contributed by atoms with van der Waals surface area (Å²) in [6, 6.07) is 8.11. The minimum absolute atomic E-state index is 0.0297. The molecule has 4 fully saturated rings. The second kappa shape index (κ2) is 4.99. The first-order valence-electron chi connectivity index (χ1n) is 9.22. The van der Waals surface area contributed by atoms with Gasteiger partial charge in [0.1, 0.15) is 12.4 Å². The molecule has 0 aromatic heterocycles. The van der Waals surface area contributed by atoms with Gasteiger partial charge in [-0.05, 0) is 74.3 Å². The molecule has 0 radical (unpaired) electrons. The van der Waals surface area contributed by atoms with Gasteiger partial charge in [-0.15, -0.1) is 0 Å². The molecule has 6 rings (SSSR count). The van der Waals surface area contributed by atoms with E-state index in [0.29, 0.717) is 6.61 Å². The van der Waals surface area contributed by atoms with Crippen LogP contribution in [-0.4, -0.2) is 18.1 Å². The van der Waals surface area contributed by atoms with Crippen LogP contribution in [0.4, 0.5) is 0 Å². The van der Waals surface area contributed by atoms with Crippen molar-refractivity contribution in [3.05, 3.63) is 29.8 Å². The zero-order valence-corrected chi connectivity index (χ0v) is 13.6. The molecule has 1 aromatic carbocycles. The summed E-state index contributed by atoms with van der Waals surface area (Å²) >= 11 is 0. The average molecular weight is 311 g/mol. The van der Waals surface area contributed by atoms with Crippen molar-refractivity contribution in [3.8, 4) is 5.75 Å². The van der Waals surface area contributed by atoms with E-state index in [4.69, 9.17) is 4.74 Å². The summed E-state index contributed by atoms with van der Waals surface area (Å²) in [5.41, 5.74) is 1.28. The van der Waals surface area contributed by atoms with Crippen molar-refractivity contribution < 1.29 is 9.53 Å². The number of benzene rings is 1. The fourth-order valence-electron chi connectivity index (χ4n) is 6.12. The van der Waals surface area contributed by atoms with E-state index >= 15 is 0 Å². The van der Waals surface area contributed by atoms with E-state index in [-0.39, 0.29) is 17.4 Å². The van der Waals surface area contributed by atoms with Crippen LogP contribution in [0, 0.1) is 23.7 Å². The van der Waals surface area contributed by atoms with Gasteiger partial charge in [-0.1, -0.05) is 18.2 Å². The van der Waals surface area contributed by atoms with Gasteiger partial charge >= 0.3 is 0 Å². The van der Waals surface area contributed by atoms with Gasteiger partial charge in [0.05, 0.1) is 5.92 Å². The van der Waals surface area contributed by atoms with Crippen LogP contribution in [0.5, 0.6) is 5.75 Å². The van der Waals surface area contributed by atoms with Crippen molar-refractivity contribution in [2.24, 2.45) is 23.7 Å². The van der Waals surface area contributed by atoms with Crippen molar-refractivity contribution in [1.29, 1.82) is 0 Å². The molecule has 0 saturated heterocycles. The molecule has 1 aliphatic heterocycles. The summed E-state index contributed by atoms with van der Waals surface area (Å²) in [4.78, 5) is 12.9. The van der Waals surface area contributed by atoms with Crippen molar-refractivity contribution in [3.63, 3.8) is 0 Å². The molecule has 1 aromatic rings. The van der Waals surface area contributed by atoms with Gasteiger partial charge in [0.2, 0.25) is 5.91 Å². The number of nitrogens with one attached hydrogen (secondary N) is 1. The first kappa shape index (κ1) is 13.9. The zero-order chi connectivity index (χ0) is 15.4. The standard InChI is InChI=1S/C20H25NO2/c22-19(17-8-16-3-1-2-4-18(16)23-12-17)21-20-9-13-5-14(10-20)7-15(6-13)11-20/h1-4,13-15,17H,5-12H2,(H,21,22)/t13?,14?,15?,17-,20?/m0/s1. The Labute approximate surface area is 137 Å². The lowest BCUT2D eigenvalue weighted by Crippen LogP contribution is -2.61. The third-order valence-corrected chi connectivity index (χ3v) is 6.68. The van der Waals surface area contributed by atoms with E-state index < -0.39 is 0 Å². The molecule has 3 heteroatoms. The fraction of sp³-hybridized carbons (Fsp3) is 0.650. The number of hydrogen-bond donors (Lipinski definition) is 1. The molecule has 1 atom stereocenters. The summed E-state index contributed by atoms with van der Waals surface area (Å²) in [7, 11) is 0. The molecule has 1 amide bonds. The monoisotopic (exact) mass is 311 g/mol. The topological polar surface area (TPSA) is 38.3 Å². The van der Waals surface area contributed by atoms with Gasteiger partial charge in [-0.3, -0.25) is 4.79 Å². The second-order valence-corrected chi connectivity index (χ2v) is 8.51. The average Bonchev–Trinajstić information content (AvgIpc) is 2.52. The predicted octanol–water partition coefficient (Wildman–Crippen LogP) is 3.32. The summed E-state index contributed by atoms with van der Waals surface area (Å²) in [5, 5.41) is 3.51. The third kappa shape index (κ3) is 2.36. The number of para-hydroxylation sites is 1. The molecule has 4 aliphatic carbocycles. The molecule has 1 heterocycles. The number of ether oxygens (including phenoxy) is 1. The van der Waals surface area contributed by atoms with Crippen LogP contribution < -0.4 is 10.1 Å². The van der Waals surface area contributed by atoms with Crippen molar-refractivity contribution in [2.45, 2.75) is 50.5 Å². The molecule has 1 N–H and O–H groups in total. The Morgan fingerprint density at radius 2 is 1.70 bits per heavy atom. The van der Waals surface area contributed by atoms with Gasteiger partial charge in [0.15, 0.2) is 0 Å². The Hall–Kier alpha value is -1.51. The first-order chi connectivity index (χ1) is 11.2. The summed E-state index contributed by atoms with van der Waals surface area (Å²) in [6.07, 6.45) is 8.70. The van der Waals surface area contributed by atoms with Gasteiger partial charge in [0, 0.05) is 5.54 Å². The molecular weight excluding hydrogens is 286 g/mol. The van der Waals surface area contributed by atoms with Crippen molar-refractivity contribution in [2.75, 3.05) is 6.61 Å². The smallest absolute Gasteiger partial charge is 0.227 e. The van der Waals surface area contributed by atoms with Gasteiger partial charge in [0.25, 0.3) is 0 Å². The van der Waals surface area contributed by atoms with Crippen LogP contribution in [0.15, 0.2) is 24.3 Å². The van der Waals surface area contributed by atoms with E-state index in [1.54, 1.807) is 0 Å². The highest BCUT2D eigenvalue weighted by molar-refractivity contribution is 5.80. The van der Waals surface area contributed by atoms with E-state index in [0.717, 1.165) is 29.9 Å². The van der Waals surface area contributed by atoms with E-state index in [9.17, 15) is 4.79 Å². The van der Waals surface area contributed by atoms with Crippen LogP contribution in [0.1, 0.15) is 44.1 Å². The first-order valence-corrected chi connectivity index (χ1v) is 9.22. The Morgan fingerprint density at radius 1 is 1.04 bits per heavy atom. The lowest BCUT2D eigenvalue weighted by atomic mass is 9.53. The number of carbonyl (C=O) groups excluding carboxylic acids is 1. The molecule has 4 bridgehead atoms. The second-order valence-electron chi connectivity index (χ2n) is 8.51. The normalized spacial score (nSPS) is 40.3. The zero-order valence-electron chi connectivity index (χ0n) is 13.6. The van der Waals surface area contributed by atoms with Crippen LogP contribution in [-0.2, 0) is 11.2 Å². The summed E-state index contributed by atoms with van der Waals surface area (Å²) in [5.74, 6) is 3.74. The molecule has 122 valence electrons. The lowest BCUT2D eigenvalue weighted by molar-refractivity contribution is -0.132. The quantitative estimate of drug-likeness (QED) is 0.910. The molecule has 0 unspecified atom stereocenters. The summed E-state index contributed by atoms with van der Waals surface area (Å²) in [6.45, 7) is 0.523. The minimum atomic E-state index is -0.0297. The van der Waals surface area contributed by atoms with E-state index in [1.807, 2.05) is 18.2 Å². The number of carbonyl (C=O) groups is 1. The Kier molecular flexibility index (Phi) is 3.01. The maximum Gasteiger partial charge on any atom is 0.227 e. The Morgan fingerprint density at radius 3 is 2.39 bits per heavy atom. The SMILES string of the molecule is O=C(NC12CC3CC(CC(C3)C1)C2)[C@@H]1COc2ccccc2C1.